The molecule has 0 heterocycles. The van der Waals surface area contributed by atoms with E-state index in [-0.39, 0.29) is 5.56 Å². The molecule has 2 rings (SSSR count). The van der Waals surface area contributed by atoms with Gasteiger partial charge in [-0.25, -0.2) is 8.78 Å². The SMILES string of the molecule is CNCc1ccc(C)cc1-c1c(F)cccc1F. The van der Waals surface area contributed by atoms with Crippen molar-refractivity contribution < 1.29 is 8.78 Å². The molecule has 94 valence electrons. The Morgan fingerprint density at radius 1 is 1.06 bits per heavy atom. The van der Waals surface area contributed by atoms with Gasteiger partial charge in [0.25, 0.3) is 0 Å². The zero-order chi connectivity index (χ0) is 13.1. The fourth-order valence-corrected chi connectivity index (χ4v) is 2.02. The van der Waals surface area contributed by atoms with Crippen molar-refractivity contribution in [2.24, 2.45) is 0 Å². The van der Waals surface area contributed by atoms with Crippen LogP contribution in [0.2, 0.25) is 0 Å². The van der Waals surface area contributed by atoms with Crippen LogP contribution in [0.3, 0.4) is 0 Å². The van der Waals surface area contributed by atoms with E-state index in [0.29, 0.717) is 12.1 Å². The normalized spacial score (nSPS) is 10.7. The predicted octanol–water partition coefficient (Wildman–Crippen LogP) is 3.66. The average molecular weight is 247 g/mol. The highest BCUT2D eigenvalue weighted by Gasteiger charge is 2.14. The number of hydrogen-bond acceptors (Lipinski definition) is 1. The number of hydrogen-bond donors (Lipinski definition) is 1. The summed E-state index contributed by atoms with van der Waals surface area (Å²) in [7, 11) is 1.81. The highest BCUT2D eigenvalue weighted by Crippen LogP contribution is 2.29. The second kappa shape index (κ2) is 5.27. The lowest BCUT2D eigenvalue weighted by Crippen LogP contribution is -2.07. The Kier molecular flexibility index (Phi) is 3.72. The molecule has 0 saturated heterocycles. The van der Waals surface area contributed by atoms with Gasteiger partial charge in [0.1, 0.15) is 11.6 Å². The molecule has 0 atom stereocenters. The summed E-state index contributed by atoms with van der Waals surface area (Å²) in [6, 6.07) is 9.59. The smallest absolute Gasteiger partial charge is 0.133 e. The van der Waals surface area contributed by atoms with Crippen LogP contribution in [0, 0.1) is 18.6 Å². The zero-order valence-electron chi connectivity index (χ0n) is 10.4. The third-order valence-corrected chi connectivity index (χ3v) is 2.86. The van der Waals surface area contributed by atoms with E-state index in [0.717, 1.165) is 11.1 Å². The maximum absolute atomic E-state index is 13.8. The van der Waals surface area contributed by atoms with Crippen molar-refractivity contribution in [3.8, 4) is 11.1 Å². The molecule has 0 spiro atoms. The number of benzene rings is 2. The first-order valence-electron chi connectivity index (χ1n) is 5.82. The van der Waals surface area contributed by atoms with Gasteiger partial charge in [-0.1, -0.05) is 29.8 Å². The molecule has 0 unspecified atom stereocenters. The summed E-state index contributed by atoms with van der Waals surface area (Å²) in [5, 5.41) is 3.01. The summed E-state index contributed by atoms with van der Waals surface area (Å²) in [6.07, 6.45) is 0. The average Bonchev–Trinajstić information content (AvgIpc) is 2.32. The van der Waals surface area contributed by atoms with Crippen LogP contribution in [-0.4, -0.2) is 7.05 Å². The summed E-state index contributed by atoms with van der Waals surface area (Å²) in [5.74, 6) is -1.06. The van der Waals surface area contributed by atoms with Crippen molar-refractivity contribution in [1.82, 2.24) is 5.32 Å². The molecule has 1 N–H and O–H groups in total. The third-order valence-electron chi connectivity index (χ3n) is 2.86. The summed E-state index contributed by atoms with van der Waals surface area (Å²) in [4.78, 5) is 0. The summed E-state index contributed by atoms with van der Waals surface area (Å²) >= 11 is 0. The summed E-state index contributed by atoms with van der Waals surface area (Å²) < 4.78 is 27.7. The first kappa shape index (κ1) is 12.7. The van der Waals surface area contributed by atoms with Crippen molar-refractivity contribution in [3.63, 3.8) is 0 Å². The Balaban J connectivity index is 2.65. The maximum Gasteiger partial charge on any atom is 0.133 e. The van der Waals surface area contributed by atoms with Crippen LogP contribution in [0.15, 0.2) is 36.4 Å². The molecule has 0 bridgehead atoms. The quantitative estimate of drug-likeness (QED) is 0.872. The molecule has 1 nitrogen and oxygen atoms in total. The molecule has 0 aromatic heterocycles. The Morgan fingerprint density at radius 2 is 1.72 bits per heavy atom. The van der Waals surface area contributed by atoms with E-state index in [1.807, 2.05) is 25.1 Å². The number of rotatable bonds is 3. The van der Waals surface area contributed by atoms with E-state index in [4.69, 9.17) is 0 Å². The summed E-state index contributed by atoms with van der Waals surface area (Å²) in [5.41, 5.74) is 2.52. The standard InChI is InChI=1S/C15H15F2N/c1-10-6-7-11(9-18-2)12(8-10)15-13(16)4-3-5-14(15)17/h3-8,18H,9H2,1-2H3. The molecule has 18 heavy (non-hydrogen) atoms. The van der Waals surface area contributed by atoms with Gasteiger partial charge in [-0.3, -0.25) is 0 Å². The van der Waals surface area contributed by atoms with Crippen LogP contribution in [-0.2, 0) is 6.54 Å². The van der Waals surface area contributed by atoms with Crippen molar-refractivity contribution in [2.75, 3.05) is 7.05 Å². The predicted molar refractivity (Wildman–Crippen MR) is 69.3 cm³/mol. The van der Waals surface area contributed by atoms with Crippen LogP contribution in [0.5, 0.6) is 0 Å². The highest BCUT2D eigenvalue weighted by atomic mass is 19.1. The van der Waals surface area contributed by atoms with Crippen molar-refractivity contribution in [3.05, 3.63) is 59.2 Å². The lowest BCUT2D eigenvalue weighted by molar-refractivity contribution is 0.589. The molecule has 0 amide bonds. The van der Waals surface area contributed by atoms with Gasteiger partial charge in [0.05, 0.1) is 5.56 Å². The van der Waals surface area contributed by atoms with E-state index >= 15 is 0 Å². The lowest BCUT2D eigenvalue weighted by atomic mass is 9.96. The molecule has 0 aliphatic heterocycles. The molecular formula is C15H15F2N. The molecule has 0 radical (unpaired) electrons. The van der Waals surface area contributed by atoms with Crippen LogP contribution in [0.25, 0.3) is 11.1 Å². The third kappa shape index (κ3) is 2.41. The molecular weight excluding hydrogens is 232 g/mol. The van der Waals surface area contributed by atoms with E-state index < -0.39 is 11.6 Å². The first-order valence-corrected chi connectivity index (χ1v) is 5.82. The Bertz CT molecular complexity index is 544. The van der Waals surface area contributed by atoms with Gasteiger partial charge < -0.3 is 5.32 Å². The number of aryl methyl sites for hydroxylation is 1. The van der Waals surface area contributed by atoms with Gasteiger partial charge in [-0.05, 0) is 37.2 Å². The van der Waals surface area contributed by atoms with E-state index in [2.05, 4.69) is 5.32 Å². The minimum absolute atomic E-state index is 0.0476. The van der Waals surface area contributed by atoms with Crippen LogP contribution in [0.1, 0.15) is 11.1 Å². The Labute approximate surface area is 105 Å². The van der Waals surface area contributed by atoms with Gasteiger partial charge in [0, 0.05) is 6.54 Å². The Morgan fingerprint density at radius 3 is 2.33 bits per heavy atom. The molecule has 0 saturated carbocycles. The topological polar surface area (TPSA) is 12.0 Å². The van der Waals surface area contributed by atoms with Crippen LogP contribution >= 0.6 is 0 Å². The van der Waals surface area contributed by atoms with Crippen LogP contribution in [0.4, 0.5) is 8.78 Å². The van der Waals surface area contributed by atoms with E-state index in [1.54, 1.807) is 7.05 Å². The highest BCUT2D eigenvalue weighted by molar-refractivity contribution is 5.69. The number of halogens is 2. The van der Waals surface area contributed by atoms with Gasteiger partial charge in [0.15, 0.2) is 0 Å². The molecule has 3 heteroatoms. The molecule has 0 aliphatic rings. The Hall–Kier alpha value is -1.74. The second-order valence-electron chi connectivity index (χ2n) is 4.29. The van der Waals surface area contributed by atoms with Gasteiger partial charge in [-0.2, -0.15) is 0 Å². The van der Waals surface area contributed by atoms with Crippen LogP contribution < -0.4 is 5.32 Å². The van der Waals surface area contributed by atoms with Gasteiger partial charge in [0.2, 0.25) is 0 Å². The monoisotopic (exact) mass is 247 g/mol. The first-order chi connectivity index (χ1) is 8.63. The van der Waals surface area contributed by atoms with Crippen molar-refractivity contribution in [2.45, 2.75) is 13.5 Å². The minimum atomic E-state index is -0.530. The largest absolute Gasteiger partial charge is 0.316 e. The lowest BCUT2D eigenvalue weighted by Gasteiger charge is -2.12. The second-order valence-corrected chi connectivity index (χ2v) is 4.29. The van der Waals surface area contributed by atoms with Crippen molar-refractivity contribution in [1.29, 1.82) is 0 Å². The van der Waals surface area contributed by atoms with Crippen molar-refractivity contribution >= 4 is 0 Å². The van der Waals surface area contributed by atoms with E-state index in [9.17, 15) is 8.78 Å². The zero-order valence-corrected chi connectivity index (χ0v) is 10.4. The minimum Gasteiger partial charge on any atom is -0.316 e. The number of nitrogens with one attached hydrogen (secondary N) is 1. The molecule has 0 fully saturated rings. The fraction of sp³-hybridized carbons (Fsp3) is 0.200. The summed E-state index contributed by atoms with van der Waals surface area (Å²) in [6.45, 7) is 2.48. The van der Waals surface area contributed by atoms with Gasteiger partial charge >= 0.3 is 0 Å². The fourth-order valence-electron chi connectivity index (χ4n) is 2.02. The maximum atomic E-state index is 13.8. The van der Waals surface area contributed by atoms with Gasteiger partial charge in [-0.15, -0.1) is 0 Å². The van der Waals surface area contributed by atoms with E-state index in [1.165, 1.54) is 18.2 Å². The molecule has 2 aromatic carbocycles. The molecule has 0 aliphatic carbocycles. The molecule has 2 aromatic rings.